The molecule has 0 aliphatic carbocycles. The average Bonchev–Trinajstić information content (AvgIpc) is 2.62. The smallest absolute Gasteiger partial charge is 0.261 e. The molecule has 0 unspecified atom stereocenters. The lowest BCUT2D eigenvalue weighted by Crippen LogP contribution is -2.25. The molecule has 1 aliphatic heterocycles. The number of pyridine rings is 2. The molecule has 3 rings (SSSR count). The number of fused-ring (bicyclic) bond motifs is 2. The van der Waals surface area contributed by atoms with Crippen LogP contribution in [0.5, 0.6) is 0 Å². The summed E-state index contributed by atoms with van der Waals surface area (Å²) in [5, 5.41) is 0.374. The SMILES string of the molecule is CCN1c2ncc(CCl)cc2C(=O)N(C)c2ccc(Cl)nc21. The van der Waals surface area contributed by atoms with E-state index in [9.17, 15) is 4.79 Å². The monoisotopic (exact) mass is 336 g/mol. The highest BCUT2D eigenvalue weighted by atomic mass is 35.5. The molecule has 1 amide bonds. The zero-order valence-electron chi connectivity index (χ0n) is 12.2. The molecular formula is C15H14Cl2N4O. The fourth-order valence-corrected chi connectivity index (χ4v) is 2.80. The second-order valence-corrected chi connectivity index (χ2v) is 5.59. The van der Waals surface area contributed by atoms with E-state index in [1.54, 1.807) is 36.3 Å². The number of rotatable bonds is 2. The number of nitrogens with zero attached hydrogens (tertiary/aromatic N) is 4. The normalized spacial score (nSPS) is 13.7. The number of halogens is 2. The molecule has 0 spiro atoms. The van der Waals surface area contributed by atoms with Crippen molar-refractivity contribution in [2.75, 3.05) is 23.4 Å². The van der Waals surface area contributed by atoms with Crippen LogP contribution in [0.1, 0.15) is 22.8 Å². The van der Waals surface area contributed by atoms with Crippen LogP contribution < -0.4 is 9.80 Å². The van der Waals surface area contributed by atoms with Crippen molar-refractivity contribution in [3.05, 3.63) is 40.7 Å². The third kappa shape index (κ3) is 2.30. The third-order valence-electron chi connectivity index (χ3n) is 3.62. The summed E-state index contributed by atoms with van der Waals surface area (Å²) >= 11 is 11.9. The number of alkyl halides is 1. The van der Waals surface area contributed by atoms with Crippen molar-refractivity contribution < 1.29 is 4.79 Å². The predicted octanol–water partition coefficient (Wildman–Crippen LogP) is 3.62. The first-order valence-electron chi connectivity index (χ1n) is 6.83. The minimum Gasteiger partial charge on any atom is -0.309 e. The van der Waals surface area contributed by atoms with Gasteiger partial charge in [0.25, 0.3) is 5.91 Å². The maximum Gasteiger partial charge on any atom is 0.261 e. The van der Waals surface area contributed by atoms with Gasteiger partial charge < -0.3 is 9.80 Å². The van der Waals surface area contributed by atoms with Gasteiger partial charge >= 0.3 is 0 Å². The Hall–Kier alpha value is -1.85. The van der Waals surface area contributed by atoms with Crippen LogP contribution in [0.3, 0.4) is 0 Å². The van der Waals surface area contributed by atoms with Gasteiger partial charge in [-0.1, -0.05) is 11.6 Å². The van der Waals surface area contributed by atoms with E-state index in [2.05, 4.69) is 9.97 Å². The number of carbonyl (C=O) groups is 1. The van der Waals surface area contributed by atoms with Gasteiger partial charge in [-0.3, -0.25) is 4.79 Å². The summed E-state index contributed by atoms with van der Waals surface area (Å²) in [6.07, 6.45) is 1.68. The van der Waals surface area contributed by atoms with Gasteiger partial charge in [0.15, 0.2) is 5.82 Å². The number of hydrogen-bond acceptors (Lipinski definition) is 4. The number of hydrogen-bond donors (Lipinski definition) is 0. The van der Waals surface area contributed by atoms with Crippen molar-refractivity contribution in [1.82, 2.24) is 9.97 Å². The maximum absolute atomic E-state index is 12.8. The Kier molecular flexibility index (Phi) is 3.93. The molecular weight excluding hydrogens is 323 g/mol. The van der Waals surface area contributed by atoms with Crippen LogP contribution in [0.4, 0.5) is 17.3 Å². The van der Waals surface area contributed by atoms with Crippen molar-refractivity contribution in [1.29, 1.82) is 0 Å². The Bertz CT molecular complexity index is 750. The summed E-state index contributed by atoms with van der Waals surface area (Å²) in [5.41, 5.74) is 2.01. The molecule has 0 fully saturated rings. The number of anilines is 3. The van der Waals surface area contributed by atoms with E-state index in [1.165, 1.54) is 0 Å². The van der Waals surface area contributed by atoms with E-state index in [0.29, 0.717) is 40.5 Å². The minimum atomic E-state index is -0.143. The first-order valence-corrected chi connectivity index (χ1v) is 7.75. The van der Waals surface area contributed by atoms with E-state index in [4.69, 9.17) is 23.2 Å². The molecule has 2 aromatic heterocycles. The van der Waals surface area contributed by atoms with E-state index in [-0.39, 0.29) is 5.91 Å². The Morgan fingerprint density at radius 3 is 2.73 bits per heavy atom. The number of amides is 1. The fourth-order valence-electron chi connectivity index (χ4n) is 2.51. The molecule has 5 nitrogen and oxygen atoms in total. The highest BCUT2D eigenvalue weighted by Crippen LogP contribution is 2.38. The van der Waals surface area contributed by atoms with Crippen molar-refractivity contribution in [3.63, 3.8) is 0 Å². The summed E-state index contributed by atoms with van der Waals surface area (Å²) in [4.78, 5) is 25.0. The Morgan fingerprint density at radius 2 is 2.05 bits per heavy atom. The maximum atomic E-state index is 12.8. The molecule has 7 heteroatoms. The molecule has 0 N–H and O–H groups in total. The van der Waals surface area contributed by atoms with E-state index >= 15 is 0 Å². The summed E-state index contributed by atoms with van der Waals surface area (Å²) < 4.78 is 0. The summed E-state index contributed by atoms with van der Waals surface area (Å²) in [6, 6.07) is 5.25. The standard InChI is InChI=1S/C15H14Cl2N4O/c1-3-21-13-10(6-9(7-16)8-18-13)15(22)20(2)11-4-5-12(17)19-14(11)21/h4-6,8H,3,7H2,1-2H3. The third-order valence-corrected chi connectivity index (χ3v) is 4.14. The van der Waals surface area contributed by atoms with Crippen LogP contribution in [-0.2, 0) is 5.88 Å². The lowest BCUT2D eigenvalue weighted by molar-refractivity contribution is 0.0994. The van der Waals surface area contributed by atoms with Crippen molar-refractivity contribution in [3.8, 4) is 0 Å². The van der Waals surface area contributed by atoms with Gasteiger partial charge in [0.2, 0.25) is 0 Å². The molecule has 0 saturated heterocycles. The highest BCUT2D eigenvalue weighted by molar-refractivity contribution is 6.29. The Labute approximate surface area is 138 Å². The van der Waals surface area contributed by atoms with Gasteiger partial charge in [0.1, 0.15) is 11.0 Å². The summed E-state index contributed by atoms with van der Waals surface area (Å²) in [5.74, 6) is 1.36. The second kappa shape index (κ2) is 5.74. The second-order valence-electron chi connectivity index (χ2n) is 4.93. The first-order chi connectivity index (χ1) is 10.6. The quantitative estimate of drug-likeness (QED) is 0.620. The van der Waals surface area contributed by atoms with Gasteiger partial charge in [0, 0.05) is 25.7 Å². The lowest BCUT2D eigenvalue weighted by atomic mass is 10.1. The predicted molar refractivity (Wildman–Crippen MR) is 88.5 cm³/mol. The number of carbonyl (C=O) groups excluding carboxylic acids is 1. The van der Waals surface area contributed by atoms with Gasteiger partial charge in [0.05, 0.1) is 11.3 Å². The van der Waals surface area contributed by atoms with E-state index < -0.39 is 0 Å². The van der Waals surface area contributed by atoms with Crippen molar-refractivity contribution >= 4 is 46.4 Å². The van der Waals surface area contributed by atoms with E-state index in [0.717, 1.165) is 5.56 Å². The van der Waals surface area contributed by atoms with Gasteiger partial charge in [-0.05, 0) is 30.7 Å². The Morgan fingerprint density at radius 1 is 1.27 bits per heavy atom. The summed E-state index contributed by atoms with van der Waals surface area (Å²) in [6.45, 7) is 2.59. The zero-order valence-corrected chi connectivity index (χ0v) is 13.7. The van der Waals surface area contributed by atoms with Crippen LogP contribution in [-0.4, -0.2) is 29.5 Å². The first kappa shape index (κ1) is 15.1. The highest BCUT2D eigenvalue weighted by Gasteiger charge is 2.30. The van der Waals surface area contributed by atoms with Crippen molar-refractivity contribution in [2.45, 2.75) is 12.8 Å². The van der Waals surface area contributed by atoms with Gasteiger partial charge in [-0.15, -0.1) is 11.6 Å². The number of aromatic nitrogens is 2. The fraction of sp³-hybridized carbons (Fsp3) is 0.267. The zero-order chi connectivity index (χ0) is 15.9. The van der Waals surface area contributed by atoms with Gasteiger partial charge in [-0.25, -0.2) is 9.97 Å². The van der Waals surface area contributed by atoms with Crippen LogP contribution >= 0.6 is 23.2 Å². The van der Waals surface area contributed by atoms with Crippen LogP contribution in [0.2, 0.25) is 5.15 Å². The molecule has 114 valence electrons. The summed E-state index contributed by atoms with van der Waals surface area (Å²) in [7, 11) is 1.72. The van der Waals surface area contributed by atoms with Crippen LogP contribution in [0, 0.1) is 0 Å². The molecule has 0 saturated carbocycles. The average molecular weight is 337 g/mol. The largest absolute Gasteiger partial charge is 0.309 e. The molecule has 0 bridgehead atoms. The van der Waals surface area contributed by atoms with Crippen molar-refractivity contribution in [2.24, 2.45) is 0 Å². The van der Waals surface area contributed by atoms with Crippen LogP contribution in [0.25, 0.3) is 0 Å². The lowest BCUT2D eigenvalue weighted by Gasteiger charge is -2.23. The molecule has 0 atom stereocenters. The molecule has 0 radical (unpaired) electrons. The van der Waals surface area contributed by atoms with Gasteiger partial charge in [-0.2, -0.15) is 0 Å². The van der Waals surface area contributed by atoms with Crippen LogP contribution in [0.15, 0.2) is 24.4 Å². The molecule has 0 aromatic carbocycles. The molecule has 2 aromatic rings. The molecule has 22 heavy (non-hydrogen) atoms. The minimum absolute atomic E-state index is 0.143. The Balaban J connectivity index is 2.29. The van der Waals surface area contributed by atoms with E-state index in [1.807, 2.05) is 11.8 Å². The molecule has 1 aliphatic rings. The topological polar surface area (TPSA) is 49.3 Å². The molecule has 3 heterocycles.